The summed E-state index contributed by atoms with van der Waals surface area (Å²) < 4.78 is 35.0. The minimum absolute atomic E-state index is 0.132. The van der Waals surface area contributed by atoms with Crippen LogP contribution in [0.2, 0.25) is 0 Å². The van der Waals surface area contributed by atoms with Crippen LogP contribution in [0.3, 0.4) is 0 Å². The predicted molar refractivity (Wildman–Crippen MR) is 112 cm³/mol. The highest BCUT2D eigenvalue weighted by atomic mass is 31.2. The SMILES string of the molecule is C#CCOc1ccc(CP(C)(=O)c2ccc(OCC#C)c(OC)c2)cc1OC. The molecule has 1 atom stereocenters. The minimum atomic E-state index is -2.72. The van der Waals surface area contributed by atoms with Crippen molar-refractivity contribution in [2.24, 2.45) is 0 Å². The fraction of sp³-hybridized carbons (Fsp3) is 0.273. The van der Waals surface area contributed by atoms with Crippen LogP contribution < -0.4 is 24.3 Å². The molecule has 2 rings (SSSR count). The van der Waals surface area contributed by atoms with Crippen LogP contribution in [0.4, 0.5) is 0 Å². The molecular weight excluding hydrogens is 375 g/mol. The summed E-state index contributed by atoms with van der Waals surface area (Å²) in [6.07, 6.45) is 10.8. The molecule has 0 aromatic heterocycles. The van der Waals surface area contributed by atoms with Gasteiger partial charge in [-0.05, 0) is 42.6 Å². The van der Waals surface area contributed by atoms with Gasteiger partial charge in [0.25, 0.3) is 0 Å². The summed E-state index contributed by atoms with van der Waals surface area (Å²) >= 11 is 0. The zero-order valence-corrected chi connectivity index (χ0v) is 17.1. The molecule has 5 nitrogen and oxygen atoms in total. The molecule has 0 aliphatic carbocycles. The highest BCUT2D eigenvalue weighted by molar-refractivity contribution is 7.70. The van der Waals surface area contributed by atoms with Crippen LogP contribution in [0, 0.1) is 24.7 Å². The first-order valence-electron chi connectivity index (χ1n) is 8.49. The summed E-state index contributed by atoms with van der Waals surface area (Å²) in [5.74, 6) is 6.92. The topological polar surface area (TPSA) is 54.0 Å². The van der Waals surface area contributed by atoms with Crippen molar-refractivity contribution in [1.29, 1.82) is 0 Å². The number of rotatable bonds is 9. The number of benzene rings is 2. The second-order valence-corrected chi connectivity index (χ2v) is 9.10. The van der Waals surface area contributed by atoms with E-state index in [-0.39, 0.29) is 13.2 Å². The third-order valence-electron chi connectivity index (χ3n) is 4.03. The van der Waals surface area contributed by atoms with Crippen molar-refractivity contribution in [3.05, 3.63) is 42.0 Å². The normalized spacial score (nSPS) is 12.2. The average Bonchev–Trinajstić information content (AvgIpc) is 2.70. The van der Waals surface area contributed by atoms with Crippen molar-refractivity contribution in [3.8, 4) is 47.7 Å². The Kier molecular flexibility index (Phi) is 7.44. The first-order chi connectivity index (χ1) is 13.4. The van der Waals surface area contributed by atoms with Crippen molar-refractivity contribution in [2.45, 2.75) is 6.16 Å². The maximum Gasteiger partial charge on any atom is 0.162 e. The molecule has 0 radical (unpaired) electrons. The molecule has 2 aromatic carbocycles. The third kappa shape index (κ3) is 5.26. The summed E-state index contributed by atoms with van der Waals surface area (Å²) in [6.45, 7) is 2.02. The van der Waals surface area contributed by atoms with Crippen LogP contribution in [0.15, 0.2) is 36.4 Å². The van der Waals surface area contributed by atoms with Gasteiger partial charge in [0.15, 0.2) is 23.0 Å². The van der Waals surface area contributed by atoms with Gasteiger partial charge in [-0.15, -0.1) is 12.8 Å². The largest absolute Gasteiger partial charge is 0.493 e. The van der Waals surface area contributed by atoms with Crippen LogP contribution in [0.1, 0.15) is 5.56 Å². The Morgan fingerprint density at radius 3 is 1.93 bits per heavy atom. The van der Waals surface area contributed by atoms with E-state index in [1.165, 1.54) is 7.11 Å². The Balaban J connectivity index is 2.27. The zero-order valence-electron chi connectivity index (χ0n) is 16.2. The van der Waals surface area contributed by atoms with Crippen molar-refractivity contribution in [3.63, 3.8) is 0 Å². The first kappa shape index (κ1) is 21.3. The third-order valence-corrected chi connectivity index (χ3v) is 6.37. The molecule has 0 aliphatic heterocycles. The van der Waals surface area contributed by atoms with E-state index in [1.807, 2.05) is 12.1 Å². The van der Waals surface area contributed by atoms with Crippen LogP contribution in [-0.4, -0.2) is 34.1 Å². The van der Waals surface area contributed by atoms with Crippen molar-refractivity contribution in [2.75, 3.05) is 34.1 Å². The smallest absolute Gasteiger partial charge is 0.162 e. The molecule has 1 unspecified atom stereocenters. The van der Waals surface area contributed by atoms with Crippen LogP contribution in [0.5, 0.6) is 23.0 Å². The molecule has 0 amide bonds. The molecule has 2 aromatic rings. The summed E-state index contributed by atoms with van der Waals surface area (Å²) in [7, 11) is 0.355. The molecule has 146 valence electrons. The van der Waals surface area contributed by atoms with Crippen molar-refractivity contribution >= 4 is 12.4 Å². The molecule has 6 heteroatoms. The zero-order chi connectivity index (χ0) is 20.6. The molecule has 0 saturated carbocycles. The minimum Gasteiger partial charge on any atom is -0.493 e. The van der Waals surface area contributed by atoms with E-state index >= 15 is 0 Å². The molecule has 0 heterocycles. The van der Waals surface area contributed by atoms with Gasteiger partial charge in [0, 0.05) is 11.5 Å². The molecule has 0 N–H and O–H groups in total. The number of terminal acetylenes is 2. The lowest BCUT2D eigenvalue weighted by atomic mass is 10.2. The highest BCUT2D eigenvalue weighted by Gasteiger charge is 2.22. The number of ether oxygens (including phenoxy) is 4. The number of hydrogen-bond donors (Lipinski definition) is 0. The van der Waals surface area contributed by atoms with E-state index in [1.54, 1.807) is 38.0 Å². The van der Waals surface area contributed by atoms with Gasteiger partial charge in [-0.2, -0.15) is 0 Å². The van der Waals surface area contributed by atoms with Gasteiger partial charge >= 0.3 is 0 Å². The summed E-state index contributed by atoms with van der Waals surface area (Å²) in [5.41, 5.74) is 0.863. The van der Waals surface area contributed by atoms with Gasteiger partial charge in [0.2, 0.25) is 0 Å². The fourth-order valence-corrected chi connectivity index (χ4v) is 4.53. The lowest BCUT2D eigenvalue weighted by Gasteiger charge is -2.17. The molecular formula is C22H23O5P. The maximum atomic E-state index is 13.4. The van der Waals surface area contributed by atoms with Crippen LogP contribution >= 0.6 is 7.14 Å². The fourth-order valence-electron chi connectivity index (χ4n) is 2.68. The Bertz CT molecular complexity index is 952. The number of hydrogen-bond acceptors (Lipinski definition) is 5. The van der Waals surface area contributed by atoms with E-state index in [0.717, 1.165) is 5.56 Å². The first-order valence-corrected chi connectivity index (χ1v) is 10.8. The summed E-state index contributed by atoms with van der Waals surface area (Å²) in [6, 6.07) is 10.7. The van der Waals surface area contributed by atoms with Gasteiger partial charge in [-0.25, -0.2) is 0 Å². The monoisotopic (exact) mass is 398 g/mol. The standard InChI is InChI=1S/C22H23O5P/c1-6-12-26-19-10-8-17(14-21(19)24-3)16-28(5,23)18-9-11-20(27-13-7-2)22(15-18)25-4/h1-2,8-11,14-15H,12-13,16H2,3-5H3. The summed E-state index contributed by atoms with van der Waals surface area (Å²) in [4.78, 5) is 0. The molecule has 0 spiro atoms. The Morgan fingerprint density at radius 2 is 1.39 bits per heavy atom. The van der Waals surface area contributed by atoms with Gasteiger partial charge in [0.05, 0.1) is 14.2 Å². The van der Waals surface area contributed by atoms with E-state index in [4.69, 9.17) is 31.8 Å². The second-order valence-electron chi connectivity index (χ2n) is 6.06. The highest BCUT2D eigenvalue weighted by Crippen LogP contribution is 2.46. The molecule has 28 heavy (non-hydrogen) atoms. The van der Waals surface area contributed by atoms with Crippen molar-refractivity contribution in [1.82, 2.24) is 0 Å². The number of methoxy groups -OCH3 is 2. The van der Waals surface area contributed by atoms with Gasteiger partial charge in [-0.3, -0.25) is 0 Å². The maximum absolute atomic E-state index is 13.4. The van der Waals surface area contributed by atoms with Crippen molar-refractivity contribution < 1.29 is 23.5 Å². The van der Waals surface area contributed by atoms with E-state index in [9.17, 15) is 4.57 Å². The second kappa shape index (κ2) is 9.79. The lowest BCUT2D eigenvalue weighted by Crippen LogP contribution is -2.08. The van der Waals surface area contributed by atoms with Gasteiger partial charge in [-0.1, -0.05) is 17.9 Å². The Morgan fingerprint density at radius 1 is 0.857 bits per heavy atom. The summed E-state index contributed by atoms with van der Waals surface area (Å²) in [5, 5.41) is 0.684. The van der Waals surface area contributed by atoms with Crippen LogP contribution in [-0.2, 0) is 10.7 Å². The average molecular weight is 398 g/mol. The van der Waals surface area contributed by atoms with E-state index in [0.29, 0.717) is 34.5 Å². The Hall–Kier alpha value is -3.01. The molecule has 0 saturated heterocycles. The Labute approximate surface area is 166 Å². The lowest BCUT2D eigenvalue weighted by molar-refractivity contribution is 0.331. The predicted octanol–water partition coefficient (Wildman–Crippen LogP) is 3.55. The van der Waals surface area contributed by atoms with Gasteiger partial charge in [0.1, 0.15) is 20.4 Å². The molecule has 0 aliphatic rings. The van der Waals surface area contributed by atoms with E-state index < -0.39 is 7.14 Å². The van der Waals surface area contributed by atoms with Crippen LogP contribution in [0.25, 0.3) is 0 Å². The quantitative estimate of drug-likeness (QED) is 0.478. The molecule has 0 fully saturated rings. The molecule has 0 bridgehead atoms. The van der Waals surface area contributed by atoms with E-state index in [2.05, 4.69) is 11.8 Å². The van der Waals surface area contributed by atoms with Gasteiger partial charge < -0.3 is 23.5 Å².